The molecule has 8 nitrogen and oxygen atoms in total. The Morgan fingerprint density at radius 3 is 2.55 bits per heavy atom. The van der Waals surface area contributed by atoms with Crippen LogP contribution in [0.4, 0.5) is 27.8 Å². The van der Waals surface area contributed by atoms with Crippen molar-refractivity contribution in [2.24, 2.45) is 0 Å². The van der Waals surface area contributed by atoms with Crippen molar-refractivity contribution < 1.29 is 36.6 Å². The SMILES string of the molecule is CCC1CCC(C)N1C(=O)c1nc(C(=O)N[C@@H]2CCC[C@H]2O)sc1-c1cnc(N[C@@H](C)C(F)(F)F)cc1C(F)F. The van der Waals surface area contributed by atoms with Crippen molar-refractivity contribution in [1.82, 2.24) is 20.2 Å². The summed E-state index contributed by atoms with van der Waals surface area (Å²) in [4.78, 5) is 36.7. The molecule has 0 bridgehead atoms. The second kappa shape index (κ2) is 11.9. The van der Waals surface area contributed by atoms with E-state index in [2.05, 4.69) is 20.6 Å². The van der Waals surface area contributed by atoms with Crippen molar-refractivity contribution in [3.8, 4) is 10.4 Å². The van der Waals surface area contributed by atoms with Crippen LogP contribution < -0.4 is 10.6 Å². The van der Waals surface area contributed by atoms with Crippen molar-refractivity contribution >= 4 is 29.0 Å². The molecule has 2 aliphatic rings. The number of anilines is 1. The summed E-state index contributed by atoms with van der Waals surface area (Å²) in [5.74, 6) is -1.58. The molecule has 3 heterocycles. The normalized spacial score (nSPS) is 24.0. The average molecular weight is 590 g/mol. The van der Waals surface area contributed by atoms with Gasteiger partial charge in [0.05, 0.1) is 17.0 Å². The molecule has 0 spiro atoms. The standard InChI is InChI=1S/C26H32F5N5O3S/c1-4-14-9-8-12(2)36(14)25(39)20-21(40-24(35-20)23(38)34-17-6-5-7-18(17)37)16-11-32-19(10-15(16)22(27)28)33-13(3)26(29,30)31/h10-14,17-18,22,37H,4-9H2,1-3H3,(H,32,33)(H,34,38)/t12?,13-,14?,17+,18+/m0/s1. The van der Waals surface area contributed by atoms with Crippen molar-refractivity contribution in [3.05, 3.63) is 28.5 Å². The molecule has 2 fully saturated rings. The van der Waals surface area contributed by atoms with E-state index in [4.69, 9.17) is 0 Å². The quantitative estimate of drug-likeness (QED) is 0.349. The van der Waals surface area contributed by atoms with Crippen LogP contribution in [-0.4, -0.2) is 68.2 Å². The summed E-state index contributed by atoms with van der Waals surface area (Å²) < 4.78 is 67.6. The minimum Gasteiger partial charge on any atom is -0.391 e. The predicted octanol–water partition coefficient (Wildman–Crippen LogP) is 5.55. The lowest BCUT2D eigenvalue weighted by Gasteiger charge is -2.27. The molecule has 2 aromatic rings. The third-order valence-corrected chi connectivity index (χ3v) is 8.67. The fourth-order valence-corrected chi connectivity index (χ4v) is 6.26. The Morgan fingerprint density at radius 1 is 1.23 bits per heavy atom. The number of nitrogens with zero attached hydrogens (tertiary/aromatic N) is 3. The number of alkyl halides is 5. The lowest BCUT2D eigenvalue weighted by Crippen LogP contribution is -2.40. The maximum atomic E-state index is 14.3. The minimum atomic E-state index is -4.62. The molecule has 220 valence electrons. The molecule has 14 heteroatoms. The van der Waals surface area contributed by atoms with E-state index < -0.39 is 54.0 Å². The highest BCUT2D eigenvalue weighted by molar-refractivity contribution is 7.17. The molecule has 0 radical (unpaired) electrons. The molecule has 2 amide bonds. The van der Waals surface area contributed by atoms with Gasteiger partial charge in [0, 0.05) is 29.4 Å². The van der Waals surface area contributed by atoms with Gasteiger partial charge in [-0.25, -0.2) is 18.7 Å². The van der Waals surface area contributed by atoms with Gasteiger partial charge in [-0.15, -0.1) is 11.3 Å². The topological polar surface area (TPSA) is 107 Å². The van der Waals surface area contributed by atoms with Crippen molar-refractivity contribution in [1.29, 1.82) is 0 Å². The number of rotatable bonds is 8. The Bertz CT molecular complexity index is 1240. The first-order valence-corrected chi connectivity index (χ1v) is 14.1. The first kappa shape index (κ1) is 30.1. The first-order chi connectivity index (χ1) is 18.8. The molecule has 2 unspecified atom stereocenters. The summed E-state index contributed by atoms with van der Waals surface area (Å²) in [7, 11) is 0. The van der Waals surface area contributed by atoms with Crippen LogP contribution in [-0.2, 0) is 0 Å². The molecule has 40 heavy (non-hydrogen) atoms. The number of hydrogen-bond donors (Lipinski definition) is 3. The number of halogens is 5. The average Bonchev–Trinajstić information content (AvgIpc) is 3.61. The summed E-state index contributed by atoms with van der Waals surface area (Å²) in [6.07, 6.45) is -3.51. The monoisotopic (exact) mass is 589 g/mol. The minimum absolute atomic E-state index is 0.0192. The summed E-state index contributed by atoms with van der Waals surface area (Å²) in [5, 5.41) is 14.8. The molecular weight excluding hydrogens is 557 g/mol. The van der Waals surface area contributed by atoms with Gasteiger partial charge >= 0.3 is 6.18 Å². The lowest BCUT2D eigenvalue weighted by atomic mass is 10.1. The summed E-state index contributed by atoms with van der Waals surface area (Å²) in [6.45, 7) is 4.65. The molecule has 2 aromatic heterocycles. The van der Waals surface area contributed by atoms with Crippen LogP contribution >= 0.6 is 11.3 Å². The fourth-order valence-electron chi connectivity index (χ4n) is 5.27. The van der Waals surface area contributed by atoms with Crippen molar-refractivity contribution in [2.45, 2.75) is 102 Å². The third kappa shape index (κ3) is 6.22. The molecule has 1 saturated carbocycles. The number of likely N-dealkylation sites (tertiary alicyclic amines) is 1. The fraction of sp³-hybridized carbons (Fsp3) is 0.615. The van der Waals surface area contributed by atoms with Crippen LogP contribution in [0.25, 0.3) is 10.4 Å². The highest BCUT2D eigenvalue weighted by atomic mass is 32.1. The smallest absolute Gasteiger partial charge is 0.391 e. The molecule has 1 saturated heterocycles. The number of aromatic nitrogens is 2. The molecular formula is C26H32F5N5O3S. The zero-order valence-electron chi connectivity index (χ0n) is 22.3. The van der Waals surface area contributed by atoms with E-state index in [1.807, 2.05) is 13.8 Å². The Hall–Kier alpha value is -2.87. The third-order valence-electron chi connectivity index (χ3n) is 7.58. The van der Waals surface area contributed by atoms with Gasteiger partial charge < -0.3 is 20.6 Å². The Kier molecular flexibility index (Phi) is 8.98. The largest absolute Gasteiger partial charge is 0.408 e. The maximum absolute atomic E-state index is 14.3. The predicted molar refractivity (Wildman–Crippen MR) is 139 cm³/mol. The zero-order chi connectivity index (χ0) is 29.4. The van der Waals surface area contributed by atoms with Gasteiger partial charge in [0.25, 0.3) is 18.2 Å². The van der Waals surface area contributed by atoms with Gasteiger partial charge in [-0.1, -0.05) is 6.92 Å². The summed E-state index contributed by atoms with van der Waals surface area (Å²) in [6, 6.07) is -1.95. The van der Waals surface area contributed by atoms with Gasteiger partial charge in [-0.05, 0) is 58.4 Å². The van der Waals surface area contributed by atoms with Crippen molar-refractivity contribution in [2.75, 3.05) is 5.32 Å². The van der Waals surface area contributed by atoms with Crippen LogP contribution in [0, 0.1) is 0 Å². The molecule has 1 aliphatic heterocycles. The van der Waals surface area contributed by atoms with E-state index in [-0.39, 0.29) is 33.2 Å². The van der Waals surface area contributed by atoms with E-state index >= 15 is 0 Å². The molecule has 5 atom stereocenters. The Morgan fingerprint density at radius 2 is 1.95 bits per heavy atom. The molecule has 3 N–H and O–H groups in total. The second-order valence-electron chi connectivity index (χ2n) is 10.3. The Balaban J connectivity index is 1.77. The molecule has 0 aromatic carbocycles. The second-order valence-corrected chi connectivity index (χ2v) is 11.3. The van der Waals surface area contributed by atoms with E-state index in [0.29, 0.717) is 19.3 Å². The van der Waals surface area contributed by atoms with Gasteiger partial charge in [0.15, 0.2) is 5.01 Å². The van der Waals surface area contributed by atoms with E-state index in [1.165, 1.54) is 0 Å². The maximum Gasteiger partial charge on any atom is 0.408 e. The number of thiazole rings is 1. The number of carbonyl (C=O) groups excluding carboxylic acids is 2. The van der Waals surface area contributed by atoms with Crippen LogP contribution in [0.5, 0.6) is 0 Å². The van der Waals surface area contributed by atoms with E-state index in [0.717, 1.165) is 49.8 Å². The molecule has 4 rings (SSSR count). The lowest BCUT2D eigenvalue weighted by molar-refractivity contribution is -0.138. The van der Waals surface area contributed by atoms with E-state index in [9.17, 15) is 36.6 Å². The number of amides is 2. The highest BCUT2D eigenvalue weighted by Crippen LogP contribution is 2.40. The van der Waals surface area contributed by atoms with Gasteiger partial charge in [0.2, 0.25) is 0 Å². The molecule has 1 aliphatic carbocycles. The van der Waals surface area contributed by atoms with Crippen LogP contribution in [0.2, 0.25) is 0 Å². The van der Waals surface area contributed by atoms with E-state index in [1.54, 1.807) is 4.90 Å². The highest BCUT2D eigenvalue weighted by Gasteiger charge is 2.39. The zero-order valence-corrected chi connectivity index (χ0v) is 23.1. The van der Waals surface area contributed by atoms with Gasteiger partial charge in [-0.3, -0.25) is 9.59 Å². The van der Waals surface area contributed by atoms with Gasteiger partial charge in [-0.2, -0.15) is 13.2 Å². The number of nitrogens with one attached hydrogen (secondary N) is 2. The summed E-state index contributed by atoms with van der Waals surface area (Å²) in [5.41, 5.74) is -1.03. The van der Waals surface area contributed by atoms with Crippen molar-refractivity contribution in [3.63, 3.8) is 0 Å². The number of hydrogen-bond acceptors (Lipinski definition) is 7. The van der Waals surface area contributed by atoms with Crippen LogP contribution in [0.1, 0.15) is 91.6 Å². The number of carbonyl (C=O) groups is 2. The Labute approximate surface area is 232 Å². The number of pyridine rings is 1. The first-order valence-electron chi connectivity index (χ1n) is 13.3. The number of aliphatic hydroxyl groups is 1. The summed E-state index contributed by atoms with van der Waals surface area (Å²) >= 11 is 0.732. The number of aliphatic hydroxyl groups excluding tert-OH is 1. The van der Waals surface area contributed by atoms with Crippen LogP contribution in [0.15, 0.2) is 12.3 Å². The van der Waals surface area contributed by atoms with Crippen LogP contribution in [0.3, 0.4) is 0 Å². The van der Waals surface area contributed by atoms with Gasteiger partial charge in [0.1, 0.15) is 17.6 Å².